The van der Waals surface area contributed by atoms with Crippen molar-refractivity contribution in [2.75, 3.05) is 6.54 Å². The smallest absolute Gasteiger partial charge is 0.251 e. The Bertz CT molecular complexity index is 678. The van der Waals surface area contributed by atoms with Crippen LogP contribution in [0.1, 0.15) is 27.0 Å². The molecule has 2 aromatic carbocycles. The fourth-order valence-corrected chi connectivity index (χ4v) is 1.93. The Morgan fingerprint density at radius 2 is 1.86 bits per heavy atom. The predicted molar refractivity (Wildman–Crippen MR) is 84.7 cm³/mol. The van der Waals surface area contributed by atoms with Gasteiger partial charge >= 0.3 is 0 Å². The van der Waals surface area contributed by atoms with Gasteiger partial charge in [-0.05, 0) is 30.7 Å². The molecule has 0 heterocycles. The van der Waals surface area contributed by atoms with Crippen molar-refractivity contribution in [3.63, 3.8) is 0 Å². The van der Waals surface area contributed by atoms with Gasteiger partial charge in [-0.2, -0.15) is 0 Å². The third-order valence-electron chi connectivity index (χ3n) is 3.10. The summed E-state index contributed by atoms with van der Waals surface area (Å²) in [5, 5.41) is 2.91. The minimum atomic E-state index is -0.0865. The molecule has 0 bridgehead atoms. The summed E-state index contributed by atoms with van der Waals surface area (Å²) in [6, 6.07) is 15.2. The minimum Gasteiger partial charge on any atom is -0.348 e. The van der Waals surface area contributed by atoms with Crippen molar-refractivity contribution in [3.05, 3.63) is 70.8 Å². The number of carbonyl (C=O) groups excluding carboxylic acids is 1. The van der Waals surface area contributed by atoms with Crippen LogP contribution in [0.25, 0.3) is 0 Å². The van der Waals surface area contributed by atoms with Gasteiger partial charge in [0.25, 0.3) is 5.91 Å². The first kappa shape index (κ1) is 14.8. The number of carbonyl (C=O) groups is 1. The molecule has 0 unspecified atom stereocenters. The van der Waals surface area contributed by atoms with Gasteiger partial charge in [0.05, 0.1) is 6.54 Å². The summed E-state index contributed by atoms with van der Waals surface area (Å²) in [4.78, 5) is 12.1. The lowest BCUT2D eigenvalue weighted by Crippen LogP contribution is -2.23. The van der Waals surface area contributed by atoms with Crippen LogP contribution >= 0.6 is 0 Å². The summed E-state index contributed by atoms with van der Waals surface area (Å²) in [7, 11) is 0. The number of nitrogens with one attached hydrogen (secondary N) is 1. The lowest BCUT2D eigenvalue weighted by molar-refractivity contribution is 0.0951. The maximum atomic E-state index is 12.1. The van der Waals surface area contributed by atoms with Crippen molar-refractivity contribution in [1.82, 2.24) is 5.32 Å². The molecule has 0 aliphatic carbocycles. The molecule has 21 heavy (non-hydrogen) atoms. The Balaban J connectivity index is 2.06. The largest absolute Gasteiger partial charge is 0.348 e. The maximum Gasteiger partial charge on any atom is 0.251 e. The van der Waals surface area contributed by atoms with Crippen molar-refractivity contribution in [2.45, 2.75) is 13.5 Å². The third-order valence-corrected chi connectivity index (χ3v) is 3.10. The number of hydrogen-bond acceptors (Lipinski definition) is 2. The highest BCUT2D eigenvalue weighted by atomic mass is 16.1. The van der Waals surface area contributed by atoms with Gasteiger partial charge in [-0.1, -0.05) is 47.7 Å². The normalized spacial score (nSPS) is 9.62. The van der Waals surface area contributed by atoms with Crippen LogP contribution in [0.5, 0.6) is 0 Å². The Labute approximate surface area is 125 Å². The zero-order chi connectivity index (χ0) is 15.1. The highest BCUT2D eigenvalue weighted by Crippen LogP contribution is 2.08. The SMILES string of the molecule is Cc1ccc(C(=O)NCc2ccccc2C#CCN)cc1. The molecule has 0 radical (unpaired) electrons. The quantitative estimate of drug-likeness (QED) is 0.846. The van der Waals surface area contributed by atoms with E-state index in [1.54, 1.807) is 0 Å². The zero-order valence-electron chi connectivity index (χ0n) is 12.0. The second-order valence-corrected chi connectivity index (χ2v) is 4.71. The van der Waals surface area contributed by atoms with E-state index in [4.69, 9.17) is 5.73 Å². The number of benzene rings is 2. The Morgan fingerprint density at radius 3 is 2.57 bits per heavy atom. The van der Waals surface area contributed by atoms with E-state index in [1.165, 1.54) is 0 Å². The van der Waals surface area contributed by atoms with Crippen LogP contribution in [0.3, 0.4) is 0 Å². The Morgan fingerprint density at radius 1 is 1.14 bits per heavy atom. The van der Waals surface area contributed by atoms with Crippen LogP contribution in [0.4, 0.5) is 0 Å². The zero-order valence-corrected chi connectivity index (χ0v) is 12.0. The summed E-state index contributed by atoms with van der Waals surface area (Å²) < 4.78 is 0. The first-order chi connectivity index (χ1) is 10.2. The van der Waals surface area contributed by atoms with E-state index in [1.807, 2.05) is 55.5 Å². The Kier molecular flexibility index (Phi) is 5.14. The van der Waals surface area contributed by atoms with Crippen molar-refractivity contribution in [2.24, 2.45) is 5.73 Å². The first-order valence-electron chi connectivity index (χ1n) is 6.82. The number of nitrogens with two attached hydrogens (primary N) is 1. The molecule has 3 heteroatoms. The van der Waals surface area contributed by atoms with E-state index in [0.29, 0.717) is 18.7 Å². The van der Waals surface area contributed by atoms with Crippen LogP contribution in [0, 0.1) is 18.8 Å². The van der Waals surface area contributed by atoms with Gasteiger partial charge in [0.1, 0.15) is 0 Å². The summed E-state index contributed by atoms with van der Waals surface area (Å²) in [6.07, 6.45) is 0. The first-order valence-corrected chi connectivity index (χ1v) is 6.82. The molecule has 0 saturated heterocycles. The fourth-order valence-electron chi connectivity index (χ4n) is 1.93. The number of rotatable bonds is 3. The molecule has 106 valence electrons. The standard InChI is InChI=1S/C18H18N2O/c1-14-8-10-16(11-9-14)18(21)20-13-17-6-3-2-5-15(17)7-4-12-19/h2-3,5-6,8-11H,12-13,19H2,1H3,(H,20,21). The van der Waals surface area contributed by atoms with Crippen molar-refractivity contribution < 1.29 is 4.79 Å². The summed E-state index contributed by atoms with van der Waals surface area (Å²) in [5.41, 5.74) is 9.07. The van der Waals surface area contributed by atoms with Gasteiger partial charge < -0.3 is 11.1 Å². The van der Waals surface area contributed by atoms with Crippen LogP contribution in [-0.4, -0.2) is 12.5 Å². The number of aryl methyl sites for hydroxylation is 1. The van der Waals surface area contributed by atoms with Crippen molar-refractivity contribution >= 4 is 5.91 Å². The Hall–Kier alpha value is -2.57. The molecular weight excluding hydrogens is 260 g/mol. The van der Waals surface area contributed by atoms with E-state index in [2.05, 4.69) is 17.2 Å². The average Bonchev–Trinajstić information content (AvgIpc) is 2.52. The van der Waals surface area contributed by atoms with Gasteiger partial charge in [0, 0.05) is 17.7 Å². The molecule has 0 spiro atoms. The highest BCUT2D eigenvalue weighted by Gasteiger charge is 2.06. The van der Waals surface area contributed by atoms with E-state index < -0.39 is 0 Å². The average molecular weight is 278 g/mol. The monoisotopic (exact) mass is 278 g/mol. The lowest BCUT2D eigenvalue weighted by atomic mass is 10.1. The van der Waals surface area contributed by atoms with Gasteiger partial charge in [0.2, 0.25) is 0 Å². The summed E-state index contributed by atoms with van der Waals surface area (Å²) in [5.74, 6) is 5.77. The molecule has 2 aromatic rings. The summed E-state index contributed by atoms with van der Waals surface area (Å²) >= 11 is 0. The third kappa shape index (κ3) is 4.20. The van der Waals surface area contributed by atoms with Gasteiger partial charge in [-0.25, -0.2) is 0 Å². The molecule has 2 rings (SSSR count). The highest BCUT2D eigenvalue weighted by molar-refractivity contribution is 5.94. The second-order valence-electron chi connectivity index (χ2n) is 4.71. The molecule has 0 aromatic heterocycles. The van der Waals surface area contributed by atoms with Gasteiger partial charge in [-0.15, -0.1) is 0 Å². The van der Waals surface area contributed by atoms with E-state index >= 15 is 0 Å². The number of amides is 1. The molecule has 0 atom stereocenters. The van der Waals surface area contributed by atoms with E-state index in [0.717, 1.165) is 16.7 Å². The van der Waals surface area contributed by atoms with E-state index in [-0.39, 0.29) is 5.91 Å². The van der Waals surface area contributed by atoms with Crippen LogP contribution in [0.2, 0.25) is 0 Å². The number of hydrogen-bond donors (Lipinski definition) is 2. The van der Waals surface area contributed by atoms with Crippen LogP contribution in [0.15, 0.2) is 48.5 Å². The van der Waals surface area contributed by atoms with Crippen LogP contribution < -0.4 is 11.1 Å². The summed E-state index contributed by atoms with van der Waals surface area (Å²) in [6.45, 7) is 2.76. The molecule has 0 fully saturated rings. The maximum absolute atomic E-state index is 12.1. The molecule has 0 saturated carbocycles. The second kappa shape index (κ2) is 7.28. The fraction of sp³-hybridized carbons (Fsp3) is 0.167. The molecule has 3 N–H and O–H groups in total. The molecule has 0 aliphatic heterocycles. The lowest BCUT2D eigenvalue weighted by Gasteiger charge is -2.07. The predicted octanol–water partition coefficient (Wildman–Crippen LogP) is 2.24. The minimum absolute atomic E-state index is 0.0865. The van der Waals surface area contributed by atoms with Crippen LogP contribution in [-0.2, 0) is 6.54 Å². The van der Waals surface area contributed by atoms with Gasteiger partial charge in [0.15, 0.2) is 0 Å². The molecule has 1 amide bonds. The van der Waals surface area contributed by atoms with Crippen molar-refractivity contribution in [1.29, 1.82) is 0 Å². The topological polar surface area (TPSA) is 55.1 Å². The van der Waals surface area contributed by atoms with Crippen molar-refractivity contribution in [3.8, 4) is 11.8 Å². The van der Waals surface area contributed by atoms with E-state index in [9.17, 15) is 4.79 Å². The molecule has 3 nitrogen and oxygen atoms in total. The molecular formula is C18H18N2O. The van der Waals surface area contributed by atoms with Gasteiger partial charge in [-0.3, -0.25) is 4.79 Å². The molecule has 0 aliphatic rings.